The Balaban J connectivity index is 0.000000344. The van der Waals surface area contributed by atoms with E-state index in [0.717, 1.165) is 17.2 Å². The van der Waals surface area contributed by atoms with Gasteiger partial charge in [-0.3, -0.25) is 4.98 Å². The number of hydrogen-bond acceptors (Lipinski definition) is 4. The van der Waals surface area contributed by atoms with Crippen LogP contribution in [0.2, 0.25) is 0 Å². The van der Waals surface area contributed by atoms with E-state index >= 15 is 0 Å². The lowest BCUT2D eigenvalue weighted by Gasteiger charge is -2.05. The number of aryl methyl sites for hydroxylation is 5. The van der Waals surface area contributed by atoms with E-state index in [4.69, 9.17) is 4.74 Å². The first-order valence-corrected chi connectivity index (χ1v) is 21.0. The Morgan fingerprint density at radius 1 is 0.648 bits per heavy atom. The van der Waals surface area contributed by atoms with Crippen molar-refractivity contribution in [3.63, 3.8) is 0 Å². The van der Waals surface area contributed by atoms with Crippen molar-refractivity contribution in [3.05, 3.63) is 196 Å². The van der Waals surface area contributed by atoms with Gasteiger partial charge in [0.2, 0.25) is 0 Å². The molecule has 0 bridgehead atoms. The van der Waals surface area contributed by atoms with Gasteiger partial charge in [-0.25, -0.2) is 0 Å². The van der Waals surface area contributed by atoms with Gasteiger partial charge in [0.05, 0.1) is 5.69 Å². The van der Waals surface area contributed by atoms with Crippen molar-refractivity contribution >= 4 is 23.5 Å². The first-order chi connectivity index (χ1) is 26.1. The summed E-state index contributed by atoms with van der Waals surface area (Å²) in [4.78, 5) is 6.82. The highest BCUT2D eigenvalue weighted by atomic mass is 32.2. The fourth-order valence-corrected chi connectivity index (χ4v) is 5.68. The third-order valence-electron chi connectivity index (χ3n) is 7.32. The minimum atomic E-state index is 0.518. The van der Waals surface area contributed by atoms with Crippen LogP contribution in [0.1, 0.15) is 81.0 Å². The molecular weight excluding hydrogens is 695 g/mol. The Hall–Kier alpha value is -4.25. The lowest BCUT2D eigenvalue weighted by atomic mass is 10.1. The SMILES string of the molecule is C=C/C(=C\C=C(C)C)SCC.CCCSc1ccc(C)cc1.CCCc1ccc(C)cc1.Cc1ccc(OCc2ccccn2)cc1.Cc1ccccc1. The monoisotopic (exact) mass is 759 g/mol. The van der Waals surface area contributed by atoms with E-state index in [1.807, 2.05) is 90.3 Å². The van der Waals surface area contributed by atoms with Crippen LogP contribution >= 0.6 is 23.5 Å². The third kappa shape index (κ3) is 25.7. The van der Waals surface area contributed by atoms with Crippen LogP contribution in [0.3, 0.4) is 0 Å². The molecule has 4 aromatic carbocycles. The highest BCUT2D eigenvalue weighted by Crippen LogP contribution is 2.19. The number of hydrogen-bond donors (Lipinski definition) is 0. The van der Waals surface area contributed by atoms with Crippen molar-refractivity contribution in [2.24, 2.45) is 0 Å². The van der Waals surface area contributed by atoms with Crippen LogP contribution in [0.15, 0.2) is 168 Å². The second-order valence-electron chi connectivity index (χ2n) is 12.9. The molecule has 0 unspecified atom stereocenters. The molecule has 0 aliphatic heterocycles. The van der Waals surface area contributed by atoms with Gasteiger partial charge in [0.1, 0.15) is 12.4 Å². The first kappa shape index (κ1) is 47.8. The molecular formula is C50H65NOS2. The van der Waals surface area contributed by atoms with Gasteiger partial charge >= 0.3 is 0 Å². The molecule has 0 aliphatic carbocycles. The summed E-state index contributed by atoms with van der Waals surface area (Å²) in [5, 5.41) is 0. The molecule has 0 amide bonds. The van der Waals surface area contributed by atoms with Crippen molar-refractivity contribution in [1.29, 1.82) is 0 Å². The van der Waals surface area contributed by atoms with Crippen molar-refractivity contribution in [3.8, 4) is 5.75 Å². The number of nitrogens with zero attached hydrogens (tertiary/aromatic N) is 1. The maximum Gasteiger partial charge on any atom is 0.130 e. The fraction of sp³-hybridized carbons (Fsp3) is 0.300. The molecule has 0 saturated heterocycles. The number of ether oxygens (including phenoxy) is 1. The van der Waals surface area contributed by atoms with Crippen molar-refractivity contribution in [1.82, 2.24) is 4.98 Å². The number of benzene rings is 4. The Labute approximate surface area is 338 Å². The van der Waals surface area contributed by atoms with Crippen LogP contribution in [-0.4, -0.2) is 16.5 Å². The molecule has 2 nitrogen and oxygen atoms in total. The molecule has 1 heterocycles. The lowest BCUT2D eigenvalue weighted by molar-refractivity contribution is 0.301. The molecule has 5 rings (SSSR count). The number of rotatable bonds is 12. The van der Waals surface area contributed by atoms with Crippen LogP contribution < -0.4 is 4.74 Å². The maximum atomic E-state index is 5.58. The molecule has 4 heteroatoms. The topological polar surface area (TPSA) is 22.1 Å². The van der Waals surface area contributed by atoms with E-state index in [9.17, 15) is 0 Å². The van der Waals surface area contributed by atoms with Gasteiger partial charge < -0.3 is 4.74 Å². The minimum Gasteiger partial charge on any atom is -0.487 e. The summed E-state index contributed by atoms with van der Waals surface area (Å²) in [6.45, 7) is 23.4. The molecule has 0 fully saturated rings. The summed E-state index contributed by atoms with van der Waals surface area (Å²) in [6.07, 6.45) is 11.6. The molecule has 1 aromatic heterocycles. The highest BCUT2D eigenvalue weighted by molar-refractivity contribution is 8.03. The number of thioether (sulfide) groups is 2. The van der Waals surface area contributed by atoms with E-state index in [1.54, 1.807) is 6.20 Å². The van der Waals surface area contributed by atoms with E-state index in [0.29, 0.717) is 6.61 Å². The van der Waals surface area contributed by atoms with Crippen LogP contribution in [0.25, 0.3) is 0 Å². The number of aromatic nitrogens is 1. The average molecular weight is 760 g/mol. The molecule has 0 aliphatic rings. The molecule has 0 radical (unpaired) electrons. The molecule has 288 valence electrons. The maximum absolute atomic E-state index is 5.58. The van der Waals surface area contributed by atoms with Gasteiger partial charge in [-0.2, -0.15) is 0 Å². The highest BCUT2D eigenvalue weighted by Gasteiger charge is 1.96. The largest absolute Gasteiger partial charge is 0.487 e. The average Bonchev–Trinajstić information content (AvgIpc) is 3.19. The van der Waals surface area contributed by atoms with Crippen molar-refractivity contribution < 1.29 is 4.74 Å². The zero-order valence-corrected chi connectivity index (χ0v) is 36.1. The number of pyridine rings is 1. The second kappa shape index (κ2) is 31.1. The predicted octanol–water partition coefficient (Wildman–Crippen LogP) is 15.2. The Bertz CT molecular complexity index is 1690. The summed E-state index contributed by atoms with van der Waals surface area (Å²) >= 11 is 3.75. The van der Waals surface area contributed by atoms with Crippen LogP contribution in [0.4, 0.5) is 0 Å². The molecule has 0 atom stereocenters. The lowest BCUT2D eigenvalue weighted by Crippen LogP contribution is -1.97. The molecule has 0 saturated carbocycles. The molecule has 5 aromatic rings. The van der Waals surface area contributed by atoms with Gasteiger partial charge in [-0.1, -0.05) is 159 Å². The summed E-state index contributed by atoms with van der Waals surface area (Å²) in [7, 11) is 0. The zero-order chi connectivity index (χ0) is 39.8. The Morgan fingerprint density at radius 3 is 1.67 bits per heavy atom. The van der Waals surface area contributed by atoms with E-state index < -0.39 is 0 Å². The molecule has 0 N–H and O–H groups in total. The summed E-state index contributed by atoms with van der Waals surface area (Å²) < 4.78 is 5.58. The van der Waals surface area contributed by atoms with Crippen LogP contribution in [0.5, 0.6) is 5.75 Å². The quantitative estimate of drug-likeness (QED) is 0.0933. The van der Waals surface area contributed by atoms with Crippen LogP contribution in [0, 0.1) is 27.7 Å². The van der Waals surface area contributed by atoms with Gasteiger partial charge in [-0.05, 0) is 114 Å². The van der Waals surface area contributed by atoms with E-state index in [-0.39, 0.29) is 0 Å². The van der Waals surface area contributed by atoms with Gasteiger partial charge in [0.15, 0.2) is 0 Å². The van der Waals surface area contributed by atoms with Crippen molar-refractivity contribution in [2.75, 3.05) is 11.5 Å². The zero-order valence-electron chi connectivity index (χ0n) is 34.5. The summed E-state index contributed by atoms with van der Waals surface area (Å²) in [6, 6.07) is 41.6. The Kier molecular flexibility index (Phi) is 27.5. The van der Waals surface area contributed by atoms with Gasteiger partial charge in [0, 0.05) is 16.0 Å². The standard InChI is InChI=1S/C13H13NO.C10H14S.C10H16S.C10H14.C7H8/c1-11-5-7-13(8-6-11)15-10-12-4-2-3-9-14-12;1-3-8-11-10-6-4-9(2)5-7-10;1-5-10(11-6-2)8-7-9(3)4;1-3-4-10-7-5-9(2)6-8-10;1-7-5-3-2-4-6-7/h2-9H,10H2,1H3;4-7H,3,8H2,1-2H3;5,7-8H,1,6H2,2-4H3;5-8H,3-4H2,1-2H3;2-6H,1H3/b;;10-8+;;. The van der Waals surface area contributed by atoms with Gasteiger partial charge in [-0.15, -0.1) is 23.5 Å². The normalized spacial score (nSPS) is 9.98. The summed E-state index contributed by atoms with van der Waals surface area (Å²) in [5.41, 5.74) is 8.96. The summed E-state index contributed by atoms with van der Waals surface area (Å²) in [5.74, 6) is 3.21. The predicted molar refractivity (Wildman–Crippen MR) is 244 cm³/mol. The van der Waals surface area contributed by atoms with E-state index in [1.165, 1.54) is 68.2 Å². The first-order valence-electron chi connectivity index (χ1n) is 19.1. The molecule has 54 heavy (non-hydrogen) atoms. The number of allylic oxidation sites excluding steroid dienone is 4. The fourth-order valence-electron chi connectivity index (χ4n) is 4.30. The Morgan fingerprint density at radius 2 is 1.20 bits per heavy atom. The van der Waals surface area contributed by atoms with Crippen LogP contribution in [-0.2, 0) is 13.0 Å². The molecule has 0 spiro atoms. The minimum absolute atomic E-state index is 0.518. The second-order valence-corrected chi connectivity index (χ2v) is 15.4. The van der Waals surface area contributed by atoms with Gasteiger partial charge in [0.25, 0.3) is 0 Å². The third-order valence-corrected chi connectivity index (χ3v) is 9.46. The van der Waals surface area contributed by atoms with Crippen molar-refractivity contribution in [2.45, 2.75) is 93.1 Å². The smallest absolute Gasteiger partial charge is 0.130 e. The van der Waals surface area contributed by atoms with E-state index in [2.05, 4.69) is 147 Å².